The standard InChI is InChI=1S/C22H28N4O2.ClH/c1-14-9-10-20(15(2)11-14)24-22(28)25-21(27)16(3)26-12-18(19(23)13-26)17-7-5-4-6-8-17;/h4-11,16,18-19H,12-13,23H2,1-3H3,(H2,24,25,27,28);1H/t16?,18-,19+;/m0./s1. The quantitative estimate of drug-likeness (QED) is 0.714. The highest BCUT2D eigenvalue weighted by Gasteiger charge is 2.36. The molecule has 1 saturated heterocycles. The van der Waals surface area contributed by atoms with E-state index in [9.17, 15) is 9.59 Å². The van der Waals surface area contributed by atoms with Crippen LogP contribution in [0.25, 0.3) is 0 Å². The van der Waals surface area contributed by atoms with E-state index in [0.717, 1.165) is 11.1 Å². The van der Waals surface area contributed by atoms with Gasteiger partial charge in [0.2, 0.25) is 5.91 Å². The fraction of sp³-hybridized carbons (Fsp3) is 0.364. The fourth-order valence-corrected chi connectivity index (χ4v) is 3.72. The van der Waals surface area contributed by atoms with Crippen molar-refractivity contribution in [3.63, 3.8) is 0 Å². The fourth-order valence-electron chi connectivity index (χ4n) is 3.72. The van der Waals surface area contributed by atoms with Gasteiger partial charge in [0.05, 0.1) is 6.04 Å². The number of nitrogens with zero attached hydrogens (tertiary/aromatic N) is 1. The van der Waals surface area contributed by atoms with E-state index < -0.39 is 12.1 Å². The van der Waals surface area contributed by atoms with Crippen molar-refractivity contribution in [3.8, 4) is 0 Å². The van der Waals surface area contributed by atoms with Crippen LogP contribution in [-0.2, 0) is 4.79 Å². The number of rotatable bonds is 4. The van der Waals surface area contributed by atoms with Crippen molar-refractivity contribution in [2.45, 2.75) is 38.8 Å². The van der Waals surface area contributed by atoms with E-state index >= 15 is 0 Å². The minimum Gasteiger partial charge on any atom is -0.326 e. The molecule has 156 valence electrons. The number of anilines is 1. The van der Waals surface area contributed by atoms with Crippen molar-refractivity contribution in [1.82, 2.24) is 10.2 Å². The van der Waals surface area contributed by atoms with Crippen LogP contribution < -0.4 is 16.4 Å². The Bertz CT molecular complexity index is 859. The second-order valence-corrected chi connectivity index (χ2v) is 7.57. The minimum absolute atomic E-state index is 0. The first-order valence-corrected chi connectivity index (χ1v) is 9.59. The number of carbonyl (C=O) groups is 2. The SMILES string of the molecule is Cc1ccc(NC(=O)NC(=O)C(C)N2C[C@@H](N)[C@H](c3ccccc3)C2)c(C)c1.Cl. The normalized spacial score (nSPS) is 19.9. The van der Waals surface area contributed by atoms with Gasteiger partial charge in [-0.2, -0.15) is 0 Å². The number of nitrogens with one attached hydrogen (secondary N) is 2. The summed E-state index contributed by atoms with van der Waals surface area (Å²) >= 11 is 0. The Labute approximate surface area is 178 Å². The molecule has 1 fully saturated rings. The molecular formula is C22H29ClN4O2. The van der Waals surface area contributed by atoms with Crippen molar-refractivity contribution in [2.24, 2.45) is 5.73 Å². The first-order chi connectivity index (χ1) is 13.3. The first-order valence-electron chi connectivity index (χ1n) is 9.59. The highest BCUT2D eigenvalue weighted by atomic mass is 35.5. The van der Waals surface area contributed by atoms with Gasteiger partial charge in [0.1, 0.15) is 0 Å². The molecule has 0 aromatic heterocycles. The molecule has 7 heteroatoms. The lowest BCUT2D eigenvalue weighted by molar-refractivity contribution is -0.124. The van der Waals surface area contributed by atoms with Gasteiger partial charge in [-0.1, -0.05) is 48.0 Å². The molecule has 0 aliphatic carbocycles. The lowest BCUT2D eigenvalue weighted by Crippen LogP contribution is -2.47. The van der Waals surface area contributed by atoms with E-state index in [4.69, 9.17) is 5.73 Å². The number of urea groups is 1. The third-order valence-corrected chi connectivity index (χ3v) is 5.42. The molecule has 2 aromatic carbocycles. The van der Waals surface area contributed by atoms with Crippen molar-refractivity contribution in [1.29, 1.82) is 0 Å². The monoisotopic (exact) mass is 416 g/mol. The van der Waals surface area contributed by atoms with E-state index in [1.165, 1.54) is 5.56 Å². The smallest absolute Gasteiger partial charge is 0.325 e. The number of benzene rings is 2. The molecule has 3 amide bonds. The maximum absolute atomic E-state index is 12.6. The van der Waals surface area contributed by atoms with Gasteiger partial charge in [-0.15, -0.1) is 12.4 Å². The molecule has 4 N–H and O–H groups in total. The number of hydrogen-bond donors (Lipinski definition) is 3. The zero-order chi connectivity index (χ0) is 20.3. The number of imide groups is 1. The van der Waals surface area contributed by atoms with Gasteiger partial charge in [-0.05, 0) is 38.0 Å². The van der Waals surface area contributed by atoms with Gasteiger partial charge >= 0.3 is 6.03 Å². The number of amides is 3. The van der Waals surface area contributed by atoms with Crippen LogP contribution in [0.2, 0.25) is 0 Å². The summed E-state index contributed by atoms with van der Waals surface area (Å²) in [6, 6.07) is 14.8. The number of aryl methyl sites for hydroxylation is 2. The molecule has 3 atom stereocenters. The van der Waals surface area contributed by atoms with Gasteiger partial charge in [-0.3, -0.25) is 15.0 Å². The highest BCUT2D eigenvalue weighted by molar-refractivity contribution is 6.03. The van der Waals surface area contributed by atoms with E-state index in [1.54, 1.807) is 6.92 Å². The molecule has 0 radical (unpaired) electrons. The molecule has 1 aliphatic heterocycles. The van der Waals surface area contributed by atoms with Gasteiger partial charge in [0.15, 0.2) is 0 Å². The largest absolute Gasteiger partial charge is 0.326 e. The topological polar surface area (TPSA) is 87.5 Å². The van der Waals surface area contributed by atoms with E-state index in [-0.39, 0.29) is 30.3 Å². The maximum Gasteiger partial charge on any atom is 0.325 e. The molecule has 0 spiro atoms. The Morgan fingerprint density at radius 3 is 2.45 bits per heavy atom. The Morgan fingerprint density at radius 1 is 1.10 bits per heavy atom. The zero-order valence-electron chi connectivity index (χ0n) is 17.0. The Kier molecular flexibility index (Phi) is 7.79. The summed E-state index contributed by atoms with van der Waals surface area (Å²) in [4.78, 5) is 26.8. The van der Waals surface area contributed by atoms with Crippen LogP contribution in [-0.4, -0.2) is 42.0 Å². The van der Waals surface area contributed by atoms with E-state index in [0.29, 0.717) is 18.8 Å². The van der Waals surface area contributed by atoms with Crippen molar-refractivity contribution in [2.75, 3.05) is 18.4 Å². The zero-order valence-corrected chi connectivity index (χ0v) is 17.8. The summed E-state index contributed by atoms with van der Waals surface area (Å²) in [6.07, 6.45) is 0. The molecule has 0 bridgehead atoms. The number of hydrogen-bond acceptors (Lipinski definition) is 4. The Balaban J connectivity index is 0.00000300. The molecule has 6 nitrogen and oxygen atoms in total. The minimum atomic E-state index is -0.521. The summed E-state index contributed by atoms with van der Waals surface area (Å²) in [5.74, 6) is -0.149. The second kappa shape index (κ2) is 9.87. The molecule has 1 heterocycles. The molecule has 1 unspecified atom stereocenters. The third-order valence-electron chi connectivity index (χ3n) is 5.42. The van der Waals surface area contributed by atoms with Crippen LogP contribution >= 0.6 is 12.4 Å². The van der Waals surface area contributed by atoms with Crippen molar-refractivity contribution < 1.29 is 9.59 Å². The summed E-state index contributed by atoms with van der Waals surface area (Å²) in [6.45, 7) is 7.03. The molecule has 29 heavy (non-hydrogen) atoms. The van der Waals surface area contributed by atoms with Gasteiger partial charge in [0.25, 0.3) is 0 Å². The van der Waals surface area contributed by atoms with Crippen LogP contribution in [0.15, 0.2) is 48.5 Å². The highest BCUT2D eigenvalue weighted by Crippen LogP contribution is 2.27. The predicted octanol–water partition coefficient (Wildman–Crippen LogP) is 3.19. The molecular weight excluding hydrogens is 388 g/mol. The van der Waals surface area contributed by atoms with Gasteiger partial charge in [0, 0.05) is 30.7 Å². The second-order valence-electron chi connectivity index (χ2n) is 7.57. The summed E-state index contributed by atoms with van der Waals surface area (Å²) in [7, 11) is 0. The van der Waals surface area contributed by atoms with Crippen LogP contribution in [0.3, 0.4) is 0 Å². The molecule has 1 aliphatic rings. The van der Waals surface area contributed by atoms with Gasteiger partial charge < -0.3 is 11.1 Å². The third kappa shape index (κ3) is 5.56. The Hall–Kier alpha value is -2.41. The van der Waals surface area contributed by atoms with Crippen LogP contribution in [0.4, 0.5) is 10.5 Å². The molecule has 2 aromatic rings. The van der Waals surface area contributed by atoms with Crippen LogP contribution in [0.5, 0.6) is 0 Å². The molecule has 0 saturated carbocycles. The number of likely N-dealkylation sites (tertiary alicyclic amines) is 1. The molecule has 3 rings (SSSR count). The average Bonchev–Trinajstić information content (AvgIpc) is 3.05. The lowest BCUT2D eigenvalue weighted by Gasteiger charge is -2.23. The van der Waals surface area contributed by atoms with Crippen molar-refractivity contribution >= 4 is 30.0 Å². The van der Waals surface area contributed by atoms with Crippen LogP contribution in [0, 0.1) is 13.8 Å². The summed E-state index contributed by atoms with van der Waals surface area (Å²) in [5.41, 5.74) is 10.3. The van der Waals surface area contributed by atoms with Crippen LogP contribution in [0.1, 0.15) is 29.5 Å². The number of halogens is 1. The van der Waals surface area contributed by atoms with E-state index in [1.807, 2.05) is 55.1 Å². The predicted molar refractivity (Wildman–Crippen MR) is 119 cm³/mol. The van der Waals surface area contributed by atoms with Crippen molar-refractivity contribution in [3.05, 3.63) is 65.2 Å². The number of nitrogens with two attached hydrogens (primary N) is 1. The Morgan fingerprint density at radius 2 is 1.79 bits per heavy atom. The van der Waals surface area contributed by atoms with Gasteiger partial charge in [-0.25, -0.2) is 4.79 Å². The summed E-state index contributed by atoms with van der Waals surface area (Å²) < 4.78 is 0. The average molecular weight is 417 g/mol. The maximum atomic E-state index is 12.6. The summed E-state index contributed by atoms with van der Waals surface area (Å²) in [5, 5.41) is 5.19. The lowest BCUT2D eigenvalue weighted by atomic mass is 9.95. The number of carbonyl (C=O) groups excluding carboxylic acids is 2. The first kappa shape index (κ1) is 22.9. The van der Waals surface area contributed by atoms with E-state index in [2.05, 4.69) is 22.8 Å².